The predicted molar refractivity (Wildman–Crippen MR) is 75.3 cm³/mol. The van der Waals surface area contributed by atoms with Crippen LogP contribution in [0, 0.1) is 5.92 Å². The van der Waals surface area contributed by atoms with Crippen LogP contribution in [0.5, 0.6) is 0 Å². The maximum Gasteiger partial charge on any atom is 0.314 e. The van der Waals surface area contributed by atoms with Crippen molar-refractivity contribution in [1.82, 2.24) is 16.0 Å². The third kappa shape index (κ3) is 9.18. The van der Waals surface area contributed by atoms with Gasteiger partial charge < -0.3 is 21.1 Å². The highest BCUT2D eigenvalue weighted by molar-refractivity contribution is 5.78. The Morgan fingerprint density at radius 2 is 1.70 bits per heavy atom. The lowest BCUT2D eigenvalue weighted by Gasteiger charge is -2.12. The summed E-state index contributed by atoms with van der Waals surface area (Å²) in [5.41, 5.74) is 0. The summed E-state index contributed by atoms with van der Waals surface area (Å²) in [6.45, 7) is 6.03. The largest absolute Gasteiger partial charge is 0.481 e. The topological polar surface area (TPSA) is 108 Å². The molecule has 0 aromatic carbocycles. The smallest absolute Gasteiger partial charge is 0.314 e. The minimum Gasteiger partial charge on any atom is -0.481 e. The van der Waals surface area contributed by atoms with Crippen LogP contribution in [0.1, 0.15) is 40.0 Å². The summed E-state index contributed by atoms with van der Waals surface area (Å²) in [6, 6.07) is -0.257. The Balaban J connectivity index is 3.63. The highest BCUT2D eigenvalue weighted by atomic mass is 16.4. The van der Waals surface area contributed by atoms with E-state index in [1.165, 1.54) is 0 Å². The second-order valence-electron chi connectivity index (χ2n) is 4.84. The first-order chi connectivity index (χ1) is 9.36. The third-order valence-corrected chi connectivity index (χ3v) is 2.94. The molecule has 2 unspecified atom stereocenters. The molecule has 7 heteroatoms. The van der Waals surface area contributed by atoms with Gasteiger partial charge >= 0.3 is 12.0 Å². The molecule has 0 bridgehead atoms. The van der Waals surface area contributed by atoms with Crippen LogP contribution < -0.4 is 16.0 Å². The number of urea groups is 1. The number of nitrogens with one attached hydrogen (secondary N) is 3. The Hall–Kier alpha value is -1.79. The predicted octanol–water partition coefficient (Wildman–Crippen LogP) is 0.701. The molecule has 0 saturated heterocycles. The van der Waals surface area contributed by atoms with Gasteiger partial charge in [0.15, 0.2) is 0 Å². The van der Waals surface area contributed by atoms with Crippen LogP contribution in [0.3, 0.4) is 0 Å². The Morgan fingerprint density at radius 3 is 2.25 bits per heavy atom. The van der Waals surface area contributed by atoms with E-state index in [0.29, 0.717) is 13.0 Å². The van der Waals surface area contributed by atoms with Crippen LogP contribution in [-0.4, -0.2) is 42.1 Å². The van der Waals surface area contributed by atoms with Crippen LogP contribution in [-0.2, 0) is 9.59 Å². The Labute approximate surface area is 119 Å². The molecule has 0 heterocycles. The minimum atomic E-state index is -0.881. The van der Waals surface area contributed by atoms with Gasteiger partial charge in [-0.15, -0.1) is 0 Å². The highest BCUT2D eigenvalue weighted by Crippen LogP contribution is 1.99. The normalized spacial score (nSPS) is 13.2. The zero-order valence-corrected chi connectivity index (χ0v) is 12.4. The van der Waals surface area contributed by atoms with E-state index in [0.717, 1.165) is 6.42 Å². The summed E-state index contributed by atoms with van der Waals surface area (Å²) >= 11 is 0. The molecular formula is C13H25N3O4. The summed E-state index contributed by atoms with van der Waals surface area (Å²) in [4.78, 5) is 33.3. The highest BCUT2D eigenvalue weighted by Gasteiger charge is 2.11. The summed E-state index contributed by atoms with van der Waals surface area (Å²) in [5.74, 6) is -1.47. The monoisotopic (exact) mass is 287 g/mol. The molecule has 20 heavy (non-hydrogen) atoms. The molecule has 0 spiro atoms. The number of aliphatic carboxylic acids is 1. The van der Waals surface area contributed by atoms with E-state index in [9.17, 15) is 14.4 Å². The molecule has 0 radical (unpaired) electrons. The van der Waals surface area contributed by atoms with Crippen LogP contribution >= 0.6 is 0 Å². The van der Waals surface area contributed by atoms with Crippen molar-refractivity contribution in [3.63, 3.8) is 0 Å². The van der Waals surface area contributed by atoms with E-state index in [2.05, 4.69) is 16.0 Å². The van der Waals surface area contributed by atoms with Crippen molar-refractivity contribution in [1.29, 1.82) is 0 Å². The van der Waals surface area contributed by atoms with Gasteiger partial charge in [-0.05, 0) is 19.8 Å². The molecule has 3 amide bonds. The lowest BCUT2D eigenvalue weighted by molar-refractivity contribution is -0.141. The second kappa shape index (κ2) is 10.1. The van der Waals surface area contributed by atoms with Gasteiger partial charge in [0, 0.05) is 25.6 Å². The van der Waals surface area contributed by atoms with Crippen molar-refractivity contribution < 1.29 is 19.5 Å². The maximum atomic E-state index is 11.4. The number of carbonyl (C=O) groups is 3. The molecule has 0 aromatic rings. The summed E-state index contributed by atoms with van der Waals surface area (Å²) < 4.78 is 0. The SMILES string of the molecule is CCC(C)NC(=O)CCNC(=O)NCCC(C)C(=O)O. The number of carbonyl (C=O) groups excluding carboxylic acids is 2. The van der Waals surface area contributed by atoms with E-state index >= 15 is 0 Å². The minimum absolute atomic E-state index is 0.0980. The fraction of sp³-hybridized carbons (Fsp3) is 0.769. The summed E-state index contributed by atoms with van der Waals surface area (Å²) in [5, 5.41) is 16.6. The maximum absolute atomic E-state index is 11.4. The first-order valence-electron chi connectivity index (χ1n) is 6.90. The fourth-order valence-corrected chi connectivity index (χ4v) is 1.33. The number of hydrogen-bond acceptors (Lipinski definition) is 3. The van der Waals surface area contributed by atoms with Gasteiger partial charge in [-0.2, -0.15) is 0 Å². The van der Waals surface area contributed by atoms with Gasteiger partial charge in [-0.25, -0.2) is 4.79 Å². The van der Waals surface area contributed by atoms with E-state index in [-0.39, 0.29) is 30.9 Å². The van der Waals surface area contributed by atoms with Crippen LogP contribution in [0.4, 0.5) is 4.79 Å². The van der Waals surface area contributed by atoms with Gasteiger partial charge in [0.2, 0.25) is 5.91 Å². The molecule has 0 aliphatic heterocycles. The standard InChI is InChI=1S/C13H25N3O4/c1-4-10(3)16-11(17)6-8-15-13(20)14-7-5-9(2)12(18)19/h9-10H,4-8H2,1-3H3,(H,16,17)(H,18,19)(H2,14,15,20). The zero-order valence-electron chi connectivity index (χ0n) is 12.4. The van der Waals surface area contributed by atoms with Crippen molar-refractivity contribution in [3.05, 3.63) is 0 Å². The lowest BCUT2D eigenvalue weighted by Crippen LogP contribution is -2.39. The van der Waals surface area contributed by atoms with E-state index < -0.39 is 11.9 Å². The molecule has 7 nitrogen and oxygen atoms in total. The van der Waals surface area contributed by atoms with E-state index in [1.807, 2.05) is 13.8 Å². The van der Waals surface area contributed by atoms with Crippen molar-refractivity contribution in [2.24, 2.45) is 5.92 Å². The molecular weight excluding hydrogens is 262 g/mol. The summed E-state index contributed by atoms with van der Waals surface area (Å²) in [6.07, 6.45) is 1.46. The first-order valence-corrected chi connectivity index (χ1v) is 6.90. The molecule has 0 fully saturated rings. The van der Waals surface area contributed by atoms with E-state index in [4.69, 9.17) is 5.11 Å². The molecule has 116 valence electrons. The molecule has 0 aromatic heterocycles. The summed E-state index contributed by atoms with van der Waals surface area (Å²) in [7, 11) is 0. The lowest BCUT2D eigenvalue weighted by atomic mass is 10.1. The van der Waals surface area contributed by atoms with Crippen molar-refractivity contribution in [3.8, 4) is 0 Å². The average molecular weight is 287 g/mol. The van der Waals surface area contributed by atoms with Crippen molar-refractivity contribution in [2.45, 2.75) is 46.1 Å². The van der Waals surface area contributed by atoms with Gasteiger partial charge in [0.25, 0.3) is 0 Å². The van der Waals surface area contributed by atoms with E-state index in [1.54, 1.807) is 6.92 Å². The number of hydrogen-bond donors (Lipinski definition) is 4. The van der Waals surface area contributed by atoms with Gasteiger partial charge in [0.05, 0.1) is 5.92 Å². The fourth-order valence-electron chi connectivity index (χ4n) is 1.33. The Bertz CT molecular complexity index is 334. The number of carboxylic acid groups (broad SMARTS) is 1. The number of carboxylic acids is 1. The first kappa shape index (κ1) is 18.2. The number of rotatable bonds is 9. The number of amides is 3. The van der Waals surface area contributed by atoms with Gasteiger partial charge in [0.1, 0.15) is 0 Å². The molecule has 2 atom stereocenters. The van der Waals surface area contributed by atoms with Crippen molar-refractivity contribution in [2.75, 3.05) is 13.1 Å². The van der Waals surface area contributed by atoms with Gasteiger partial charge in [-0.1, -0.05) is 13.8 Å². The molecule has 0 aliphatic rings. The van der Waals surface area contributed by atoms with Crippen molar-refractivity contribution >= 4 is 17.9 Å². The van der Waals surface area contributed by atoms with Crippen LogP contribution in [0.25, 0.3) is 0 Å². The van der Waals surface area contributed by atoms with Gasteiger partial charge in [-0.3, -0.25) is 9.59 Å². The second-order valence-corrected chi connectivity index (χ2v) is 4.84. The molecule has 0 aliphatic carbocycles. The molecule has 0 rings (SSSR count). The average Bonchev–Trinajstić information content (AvgIpc) is 2.38. The zero-order chi connectivity index (χ0) is 15.5. The Kier molecular flexibility index (Phi) is 9.15. The van der Waals surface area contributed by atoms with Crippen LogP contribution in [0.2, 0.25) is 0 Å². The Morgan fingerprint density at radius 1 is 1.10 bits per heavy atom. The quantitative estimate of drug-likeness (QED) is 0.500. The van der Waals surface area contributed by atoms with Crippen LogP contribution in [0.15, 0.2) is 0 Å². The molecule has 4 N–H and O–H groups in total. The third-order valence-electron chi connectivity index (χ3n) is 2.94. The molecule has 0 saturated carbocycles.